The first-order valence-corrected chi connectivity index (χ1v) is 9.73. The molecule has 1 saturated heterocycles. The normalized spacial score (nSPS) is 16.6. The van der Waals surface area contributed by atoms with E-state index in [1.807, 2.05) is 30.0 Å². The lowest BCUT2D eigenvalue weighted by Crippen LogP contribution is -2.44. The van der Waals surface area contributed by atoms with E-state index in [-0.39, 0.29) is 11.7 Å². The predicted molar refractivity (Wildman–Crippen MR) is 111 cm³/mol. The first kappa shape index (κ1) is 19.8. The number of aromatic nitrogens is 1. The van der Waals surface area contributed by atoms with E-state index < -0.39 is 0 Å². The van der Waals surface area contributed by atoms with Crippen LogP contribution in [0.5, 0.6) is 0 Å². The summed E-state index contributed by atoms with van der Waals surface area (Å²) in [5.74, 6) is 0. The summed E-state index contributed by atoms with van der Waals surface area (Å²) in [5, 5.41) is 4.85. The number of H-pyrrole nitrogens is 1. The van der Waals surface area contributed by atoms with Crippen molar-refractivity contribution in [2.75, 3.05) is 33.4 Å². The van der Waals surface area contributed by atoms with E-state index >= 15 is 0 Å². The minimum Gasteiger partial charge on any atom is -0.383 e. The molecule has 0 unspecified atom stereocenters. The fourth-order valence-electron chi connectivity index (χ4n) is 3.32. The van der Waals surface area contributed by atoms with Crippen molar-refractivity contribution >= 4 is 28.2 Å². The number of rotatable bonds is 7. The molecule has 2 heterocycles. The van der Waals surface area contributed by atoms with Gasteiger partial charge in [0.2, 0.25) is 0 Å². The first-order valence-electron chi connectivity index (χ1n) is 9.32. The number of nitrogens with one attached hydrogen (secondary N) is 2. The molecule has 2 N–H and O–H groups in total. The highest BCUT2D eigenvalue weighted by Crippen LogP contribution is 2.17. The lowest BCUT2D eigenvalue weighted by atomic mass is 10.1. The van der Waals surface area contributed by atoms with Crippen LogP contribution in [0.4, 0.5) is 0 Å². The van der Waals surface area contributed by atoms with Crippen molar-refractivity contribution in [3.8, 4) is 0 Å². The highest BCUT2D eigenvalue weighted by molar-refractivity contribution is 7.80. The molecule has 1 aromatic heterocycles. The Morgan fingerprint density at radius 2 is 2.30 bits per heavy atom. The third-order valence-corrected chi connectivity index (χ3v) is 5.16. The van der Waals surface area contributed by atoms with Crippen molar-refractivity contribution in [1.82, 2.24) is 15.2 Å². The number of aryl methyl sites for hydroxylation is 1. The molecule has 6 nitrogen and oxygen atoms in total. The Kier molecular flexibility index (Phi) is 6.82. The number of thiocarbonyl (C=S) groups is 1. The Hall–Kier alpha value is -1.96. The third kappa shape index (κ3) is 5.28. The van der Waals surface area contributed by atoms with E-state index in [4.69, 9.17) is 21.7 Å². The Bertz CT molecular complexity index is 846. The van der Waals surface area contributed by atoms with Crippen LogP contribution in [0.25, 0.3) is 10.9 Å². The smallest absolute Gasteiger partial charge is 0.253 e. The summed E-state index contributed by atoms with van der Waals surface area (Å²) >= 11 is 5.57. The number of hydrogen-bond acceptors (Lipinski definition) is 4. The molecule has 0 bridgehead atoms. The number of methoxy groups -OCH3 is 1. The fourth-order valence-corrected chi connectivity index (χ4v) is 3.56. The van der Waals surface area contributed by atoms with Gasteiger partial charge in [-0.1, -0.05) is 11.6 Å². The largest absolute Gasteiger partial charge is 0.383 e. The molecule has 1 aliphatic rings. The minimum absolute atomic E-state index is 0.0802. The Morgan fingerprint density at radius 3 is 3.04 bits per heavy atom. The van der Waals surface area contributed by atoms with Crippen molar-refractivity contribution in [3.05, 3.63) is 45.7 Å². The van der Waals surface area contributed by atoms with Crippen LogP contribution in [0, 0.1) is 6.92 Å². The second-order valence-electron chi connectivity index (χ2n) is 6.95. The standard InChI is InChI=1S/C20H27N3O3S/c1-14-5-6-18-15(10-14)11-16(19(24)22-18)12-23(13-17-4-3-8-26-17)20(27)21-7-9-25-2/h5-6,10-11,17H,3-4,7-9,12-13H2,1-2H3,(H,21,27)(H,22,24)/t17-/m0/s1. The van der Waals surface area contributed by atoms with Gasteiger partial charge in [0.25, 0.3) is 5.56 Å². The number of nitrogens with zero attached hydrogens (tertiary/aromatic N) is 1. The van der Waals surface area contributed by atoms with Gasteiger partial charge >= 0.3 is 0 Å². The van der Waals surface area contributed by atoms with Crippen LogP contribution in [0.3, 0.4) is 0 Å². The van der Waals surface area contributed by atoms with Gasteiger partial charge in [-0.2, -0.15) is 0 Å². The van der Waals surface area contributed by atoms with Crippen LogP contribution in [0.1, 0.15) is 24.0 Å². The molecule has 1 aliphatic heterocycles. The summed E-state index contributed by atoms with van der Waals surface area (Å²) in [6, 6.07) is 7.98. The molecule has 0 spiro atoms. The second kappa shape index (κ2) is 9.30. The highest BCUT2D eigenvalue weighted by Gasteiger charge is 2.22. The van der Waals surface area contributed by atoms with Gasteiger partial charge in [-0.25, -0.2) is 0 Å². The molecule has 0 amide bonds. The number of pyridine rings is 1. The van der Waals surface area contributed by atoms with Crippen molar-refractivity contribution in [2.45, 2.75) is 32.4 Å². The highest BCUT2D eigenvalue weighted by atomic mass is 32.1. The maximum absolute atomic E-state index is 12.6. The summed E-state index contributed by atoms with van der Waals surface area (Å²) in [4.78, 5) is 17.6. The zero-order valence-electron chi connectivity index (χ0n) is 15.9. The zero-order valence-corrected chi connectivity index (χ0v) is 16.7. The number of fused-ring (bicyclic) bond motifs is 1. The van der Waals surface area contributed by atoms with E-state index in [0.717, 1.165) is 35.9 Å². The number of hydrogen-bond donors (Lipinski definition) is 2. The maximum Gasteiger partial charge on any atom is 0.253 e. The molecule has 27 heavy (non-hydrogen) atoms. The topological polar surface area (TPSA) is 66.6 Å². The molecule has 3 rings (SSSR count). The van der Waals surface area contributed by atoms with Gasteiger partial charge in [-0.15, -0.1) is 0 Å². The second-order valence-corrected chi connectivity index (χ2v) is 7.34. The molecule has 1 fully saturated rings. The van der Waals surface area contributed by atoms with E-state index in [2.05, 4.69) is 16.4 Å². The van der Waals surface area contributed by atoms with Crippen LogP contribution in [0.15, 0.2) is 29.1 Å². The SMILES string of the molecule is COCCNC(=S)N(Cc1cc2cc(C)ccc2[nH]c1=O)C[C@@H]1CCCO1. The Morgan fingerprint density at radius 1 is 1.44 bits per heavy atom. The summed E-state index contributed by atoms with van der Waals surface area (Å²) in [6.45, 7) is 5.15. The van der Waals surface area contributed by atoms with Crippen LogP contribution >= 0.6 is 12.2 Å². The van der Waals surface area contributed by atoms with Gasteiger partial charge in [0.1, 0.15) is 0 Å². The first-order chi connectivity index (χ1) is 13.1. The van der Waals surface area contributed by atoms with Crippen LogP contribution in [0.2, 0.25) is 0 Å². The quantitative estimate of drug-likeness (QED) is 0.560. The molecule has 7 heteroatoms. The van der Waals surface area contributed by atoms with Gasteiger partial charge in [0.15, 0.2) is 5.11 Å². The van der Waals surface area contributed by atoms with E-state index in [1.54, 1.807) is 7.11 Å². The molecule has 1 aromatic carbocycles. The number of aromatic amines is 1. The molecule has 146 valence electrons. The van der Waals surface area contributed by atoms with Crippen molar-refractivity contribution < 1.29 is 9.47 Å². The Balaban J connectivity index is 1.81. The maximum atomic E-state index is 12.6. The number of ether oxygens (including phenoxy) is 2. The van der Waals surface area contributed by atoms with E-state index in [9.17, 15) is 4.79 Å². The average molecular weight is 390 g/mol. The molecule has 0 aliphatic carbocycles. The number of benzene rings is 1. The van der Waals surface area contributed by atoms with Crippen LogP contribution < -0.4 is 10.9 Å². The van der Waals surface area contributed by atoms with Crippen molar-refractivity contribution in [1.29, 1.82) is 0 Å². The molecular weight excluding hydrogens is 362 g/mol. The van der Waals surface area contributed by atoms with Gasteiger partial charge < -0.3 is 24.7 Å². The van der Waals surface area contributed by atoms with E-state index in [0.29, 0.717) is 36.9 Å². The summed E-state index contributed by atoms with van der Waals surface area (Å²) in [7, 11) is 1.66. The van der Waals surface area contributed by atoms with Crippen molar-refractivity contribution in [3.63, 3.8) is 0 Å². The lowest BCUT2D eigenvalue weighted by Gasteiger charge is -2.28. The zero-order chi connectivity index (χ0) is 19.2. The molecule has 2 aromatic rings. The molecule has 1 atom stereocenters. The molecule has 0 saturated carbocycles. The van der Waals surface area contributed by atoms with Crippen molar-refractivity contribution in [2.24, 2.45) is 0 Å². The fraction of sp³-hybridized carbons (Fsp3) is 0.500. The summed E-state index contributed by atoms with van der Waals surface area (Å²) < 4.78 is 10.9. The molecule has 0 radical (unpaired) electrons. The van der Waals surface area contributed by atoms with Gasteiger partial charge in [-0.05, 0) is 55.6 Å². The van der Waals surface area contributed by atoms with Gasteiger partial charge in [0, 0.05) is 37.9 Å². The minimum atomic E-state index is -0.0802. The van der Waals surface area contributed by atoms with E-state index in [1.165, 1.54) is 0 Å². The average Bonchev–Trinajstić information content (AvgIpc) is 3.15. The van der Waals surface area contributed by atoms with Crippen LogP contribution in [-0.4, -0.2) is 54.5 Å². The monoisotopic (exact) mass is 389 g/mol. The third-order valence-electron chi connectivity index (χ3n) is 4.76. The molecular formula is C20H27N3O3S. The summed E-state index contributed by atoms with van der Waals surface area (Å²) in [6.07, 6.45) is 2.23. The lowest BCUT2D eigenvalue weighted by molar-refractivity contribution is 0.0895. The summed E-state index contributed by atoms with van der Waals surface area (Å²) in [5.41, 5.74) is 2.62. The van der Waals surface area contributed by atoms with Crippen LogP contribution in [-0.2, 0) is 16.0 Å². The van der Waals surface area contributed by atoms with Gasteiger partial charge in [-0.3, -0.25) is 4.79 Å². The Labute approximate surface area is 164 Å². The predicted octanol–water partition coefficient (Wildman–Crippen LogP) is 2.34. The van der Waals surface area contributed by atoms with Gasteiger partial charge in [0.05, 0.1) is 19.3 Å².